The van der Waals surface area contributed by atoms with Crippen LogP contribution in [0, 0.1) is 5.92 Å². The molecule has 4 heterocycles. The Morgan fingerprint density at radius 1 is 1.15 bits per heavy atom. The van der Waals surface area contributed by atoms with E-state index in [1.54, 1.807) is 37.1 Å². The highest BCUT2D eigenvalue weighted by Gasteiger charge is 2.34. The number of anilines is 2. The van der Waals surface area contributed by atoms with Crippen molar-refractivity contribution in [2.45, 2.75) is 70.9 Å². The molecule has 0 saturated heterocycles. The van der Waals surface area contributed by atoms with E-state index in [0.717, 1.165) is 73.3 Å². The number of aryl methyl sites for hydroxylation is 2. The van der Waals surface area contributed by atoms with Crippen molar-refractivity contribution in [3.8, 4) is 11.1 Å². The number of hydrogen-bond donors (Lipinski definition) is 1. The second kappa shape index (κ2) is 10.4. The number of rotatable bonds is 5. The van der Waals surface area contributed by atoms with Gasteiger partial charge in [-0.15, -0.1) is 0 Å². The first-order valence-electron chi connectivity index (χ1n) is 14.0. The first-order valence-corrected chi connectivity index (χ1v) is 14.0. The van der Waals surface area contributed by atoms with Crippen LogP contribution >= 0.6 is 0 Å². The van der Waals surface area contributed by atoms with Crippen molar-refractivity contribution in [3.63, 3.8) is 0 Å². The number of carbonyl (C=O) groups is 1. The topological polar surface area (TPSA) is 79.4 Å². The van der Waals surface area contributed by atoms with Gasteiger partial charge in [-0.2, -0.15) is 10.2 Å². The van der Waals surface area contributed by atoms with Crippen LogP contribution in [-0.2, 0) is 31.2 Å². The molecule has 2 aromatic heterocycles. The lowest BCUT2D eigenvalue weighted by Gasteiger charge is -2.33. The minimum atomic E-state index is -2.63. The molecule has 3 aliphatic rings. The Labute approximate surface area is 227 Å². The lowest BCUT2D eigenvalue weighted by atomic mass is 9.86. The van der Waals surface area contributed by atoms with Gasteiger partial charge in [-0.05, 0) is 67.7 Å². The molecule has 0 spiro atoms. The third kappa shape index (κ3) is 4.73. The molecular weight excluding hydrogens is 502 g/mol. The molecular formula is C29H36F2N6O2. The Morgan fingerprint density at radius 2 is 1.95 bits per heavy atom. The van der Waals surface area contributed by atoms with Crippen molar-refractivity contribution in [3.05, 3.63) is 46.9 Å². The van der Waals surface area contributed by atoms with E-state index in [1.165, 1.54) is 0 Å². The maximum Gasteiger partial charge on any atom is 0.264 e. The smallest absolute Gasteiger partial charge is 0.264 e. The first kappa shape index (κ1) is 26.0. The summed E-state index contributed by atoms with van der Waals surface area (Å²) in [5, 5.41) is 19.0. The highest BCUT2D eigenvalue weighted by Crippen LogP contribution is 2.44. The van der Waals surface area contributed by atoms with Crippen molar-refractivity contribution in [1.82, 2.24) is 24.5 Å². The summed E-state index contributed by atoms with van der Waals surface area (Å²) >= 11 is 0. The van der Waals surface area contributed by atoms with Gasteiger partial charge in [0.15, 0.2) is 5.82 Å². The van der Waals surface area contributed by atoms with E-state index >= 15 is 0 Å². The molecule has 1 N–H and O–H groups in total. The number of fused-ring (bicyclic) bond motifs is 2. The summed E-state index contributed by atoms with van der Waals surface area (Å²) in [5.74, 6) is 1.16. The van der Waals surface area contributed by atoms with Gasteiger partial charge in [0.25, 0.3) is 6.43 Å². The van der Waals surface area contributed by atoms with Crippen LogP contribution in [-0.4, -0.2) is 55.2 Å². The molecule has 39 heavy (non-hydrogen) atoms. The van der Waals surface area contributed by atoms with Crippen molar-refractivity contribution >= 4 is 17.4 Å². The molecule has 1 amide bonds. The molecule has 8 nitrogen and oxygen atoms in total. The van der Waals surface area contributed by atoms with Gasteiger partial charge in [-0.3, -0.25) is 14.2 Å². The standard InChI is InChI=1S/C29H36F2N6O2/c1-18(39)35-11-9-26-25(16-35)29(33-37(26)22-7-5-19(17-38)6-8-22)36-10-3-4-20-12-23(21-14-32-34(2)15-21)24(28(30)31)13-27(20)36/h12-15,19,22,28,38H,3-11,16-17H2,1-2H3. The third-order valence-corrected chi connectivity index (χ3v) is 8.81. The quantitative estimate of drug-likeness (QED) is 0.498. The molecule has 1 saturated carbocycles. The van der Waals surface area contributed by atoms with E-state index in [9.17, 15) is 18.7 Å². The van der Waals surface area contributed by atoms with Crippen molar-refractivity contribution in [2.75, 3.05) is 24.6 Å². The predicted octanol–water partition coefficient (Wildman–Crippen LogP) is 4.93. The van der Waals surface area contributed by atoms with Crippen molar-refractivity contribution in [2.24, 2.45) is 13.0 Å². The van der Waals surface area contributed by atoms with E-state index in [1.807, 2.05) is 11.0 Å². The van der Waals surface area contributed by atoms with Gasteiger partial charge in [0.2, 0.25) is 5.91 Å². The summed E-state index contributed by atoms with van der Waals surface area (Å²) in [6.07, 6.45) is 7.02. The molecule has 0 unspecified atom stereocenters. The second-order valence-corrected chi connectivity index (χ2v) is 11.3. The Bertz CT molecular complexity index is 1370. The zero-order chi connectivity index (χ0) is 27.3. The van der Waals surface area contributed by atoms with Crippen LogP contribution in [0.4, 0.5) is 20.3 Å². The SMILES string of the molecule is CC(=O)N1CCc2c(c(N3CCCc4cc(-c5cnn(C)c5)c(C(F)F)cc43)nn2C2CCC(CO)CC2)C1. The number of carbonyl (C=O) groups excluding carboxylic acids is 1. The minimum Gasteiger partial charge on any atom is -0.396 e. The monoisotopic (exact) mass is 538 g/mol. The molecule has 1 aliphatic carbocycles. The molecule has 0 bridgehead atoms. The van der Waals surface area contributed by atoms with E-state index < -0.39 is 6.43 Å². The largest absolute Gasteiger partial charge is 0.396 e. The van der Waals surface area contributed by atoms with E-state index in [0.29, 0.717) is 36.7 Å². The molecule has 3 aromatic rings. The van der Waals surface area contributed by atoms with Gasteiger partial charge < -0.3 is 14.9 Å². The Balaban J connectivity index is 1.44. The molecule has 1 fully saturated rings. The fourth-order valence-corrected chi connectivity index (χ4v) is 6.65. The molecule has 6 rings (SSSR count). The van der Waals surface area contributed by atoms with E-state index in [-0.39, 0.29) is 24.1 Å². The Hall–Kier alpha value is -3.27. The molecule has 0 atom stereocenters. The Morgan fingerprint density at radius 3 is 2.62 bits per heavy atom. The van der Waals surface area contributed by atoms with E-state index in [4.69, 9.17) is 5.10 Å². The van der Waals surface area contributed by atoms with Gasteiger partial charge >= 0.3 is 0 Å². The molecule has 0 radical (unpaired) electrons. The fraction of sp³-hybridized carbons (Fsp3) is 0.552. The van der Waals surface area contributed by atoms with Gasteiger partial charge in [0.1, 0.15) is 0 Å². The fourth-order valence-electron chi connectivity index (χ4n) is 6.65. The van der Waals surface area contributed by atoms with Gasteiger partial charge in [-0.25, -0.2) is 8.78 Å². The zero-order valence-corrected chi connectivity index (χ0v) is 22.6. The van der Waals surface area contributed by atoms with Crippen LogP contribution in [0.1, 0.15) is 73.9 Å². The number of aliphatic hydroxyl groups excluding tert-OH is 1. The number of aromatic nitrogens is 4. The van der Waals surface area contributed by atoms with Crippen LogP contribution in [0.3, 0.4) is 0 Å². The van der Waals surface area contributed by atoms with Crippen LogP contribution in [0.15, 0.2) is 24.5 Å². The average Bonchev–Trinajstić information content (AvgIpc) is 3.55. The van der Waals surface area contributed by atoms with Crippen LogP contribution in [0.2, 0.25) is 0 Å². The number of alkyl halides is 2. The van der Waals surface area contributed by atoms with Crippen LogP contribution < -0.4 is 4.90 Å². The van der Waals surface area contributed by atoms with Crippen molar-refractivity contribution in [1.29, 1.82) is 0 Å². The number of nitrogens with zero attached hydrogens (tertiary/aromatic N) is 6. The van der Waals surface area contributed by atoms with Crippen LogP contribution in [0.5, 0.6) is 0 Å². The Kier molecular flexibility index (Phi) is 6.91. The summed E-state index contributed by atoms with van der Waals surface area (Å²) in [6.45, 7) is 3.63. The van der Waals surface area contributed by atoms with Crippen molar-refractivity contribution < 1.29 is 18.7 Å². The highest BCUT2D eigenvalue weighted by molar-refractivity contribution is 5.78. The summed E-state index contributed by atoms with van der Waals surface area (Å²) in [4.78, 5) is 16.3. The summed E-state index contributed by atoms with van der Waals surface area (Å²) in [6, 6.07) is 3.79. The highest BCUT2D eigenvalue weighted by atomic mass is 19.3. The molecule has 208 valence electrons. The maximum absolute atomic E-state index is 14.4. The third-order valence-electron chi connectivity index (χ3n) is 8.81. The number of halogens is 2. The lowest BCUT2D eigenvalue weighted by molar-refractivity contribution is -0.129. The van der Waals surface area contributed by atoms with Gasteiger partial charge in [0.05, 0.1) is 18.8 Å². The number of benzene rings is 1. The zero-order valence-electron chi connectivity index (χ0n) is 22.6. The van der Waals surface area contributed by atoms with E-state index in [2.05, 4.69) is 14.7 Å². The number of hydrogen-bond acceptors (Lipinski definition) is 5. The number of aliphatic hydroxyl groups is 1. The summed E-state index contributed by atoms with van der Waals surface area (Å²) < 4.78 is 32.6. The normalized spacial score (nSPS) is 21.3. The predicted molar refractivity (Wildman–Crippen MR) is 144 cm³/mol. The minimum absolute atomic E-state index is 0.00496. The maximum atomic E-state index is 14.4. The van der Waals surface area contributed by atoms with Crippen LogP contribution in [0.25, 0.3) is 11.1 Å². The molecule has 2 aliphatic heterocycles. The summed E-state index contributed by atoms with van der Waals surface area (Å²) in [7, 11) is 1.78. The first-order chi connectivity index (χ1) is 18.8. The van der Waals surface area contributed by atoms with Gasteiger partial charge in [-0.1, -0.05) is 0 Å². The summed E-state index contributed by atoms with van der Waals surface area (Å²) in [5.41, 5.74) is 5.19. The molecule has 10 heteroatoms. The van der Waals surface area contributed by atoms with Gasteiger partial charge in [0, 0.05) is 74.4 Å². The molecule has 1 aromatic carbocycles. The average molecular weight is 539 g/mol. The second-order valence-electron chi connectivity index (χ2n) is 11.3. The number of amides is 1. The lowest BCUT2D eigenvalue weighted by Crippen LogP contribution is -2.36.